The predicted octanol–water partition coefficient (Wildman–Crippen LogP) is 2.23. The summed E-state index contributed by atoms with van der Waals surface area (Å²) in [7, 11) is 3.58. The maximum absolute atomic E-state index is 12.3. The van der Waals surface area contributed by atoms with Crippen LogP contribution in [0.5, 0.6) is 0 Å². The van der Waals surface area contributed by atoms with Gasteiger partial charge in [0.15, 0.2) is 11.0 Å². The molecule has 0 spiro atoms. The van der Waals surface area contributed by atoms with E-state index in [0.717, 1.165) is 5.76 Å². The first-order valence-electron chi connectivity index (χ1n) is 8.08. The smallest absolute Gasteiger partial charge is 0.233 e. The van der Waals surface area contributed by atoms with Crippen molar-refractivity contribution in [3.05, 3.63) is 30.0 Å². The van der Waals surface area contributed by atoms with Gasteiger partial charge in [-0.3, -0.25) is 4.79 Å². The van der Waals surface area contributed by atoms with Crippen LogP contribution in [0, 0.1) is 0 Å². The summed E-state index contributed by atoms with van der Waals surface area (Å²) in [5, 5.41) is 8.91. The van der Waals surface area contributed by atoms with Crippen molar-refractivity contribution in [3.63, 3.8) is 0 Å². The van der Waals surface area contributed by atoms with Gasteiger partial charge in [-0.1, -0.05) is 11.8 Å². The maximum atomic E-state index is 12.3. The van der Waals surface area contributed by atoms with Crippen LogP contribution in [0.1, 0.15) is 31.7 Å². The van der Waals surface area contributed by atoms with E-state index in [9.17, 15) is 4.79 Å². The van der Waals surface area contributed by atoms with E-state index >= 15 is 0 Å². The standard InChI is InChI=1S/C16H24N4O4S/c1-5-22-15(23-6-2)14-17-18-16(20(14)4)25-11-13(21)19(3)10-12-8-7-9-24-12/h7-9,15H,5-6,10-11H2,1-4H3. The number of hydrogen-bond donors (Lipinski definition) is 0. The average molecular weight is 368 g/mol. The molecule has 138 valence electrons. The van der Waals surface area contributed by atoms with E-state index < -0.39 is 6.29 Å². The molecule has 1 amide bonds. The average Bonchev–Trinajstić information content (AvgIpc) is 3.22. The minimum Gasteiger partial charge on any atom is -0.467 e. The fourth-order valence-electron chi connectivity index (χ4n) is 2.12. The van der Waals surface area contributed by atoms with E-state index in [0.29, 0.717) is 30.7 Å². The fourth-order valence-corrected chi connectivity index (χ4v) is 2.98. The van der Waals surface area contributed by atoms with E-state index in [-0.39, 0.29) is 11.7 Å². The van der Waals surface area contributed by atoms with Crippen LogP contribution in [0.2, 0.25) is 0 Å². The molecule has 2 aromatic rings. The third-order valence-corrected chi connectivity index (χ3v) is 4.44. The number of hydrogen-bond acceptors (Lipinski definition) is 7. The topological polar surface area (TPSA) is 82.6 Å². The van der Waals surface area contributed by atoms with Crippen LogP contribution in [-0.4, -0.2) is 51.6 Å². The molecule has 0 saturated carbocycles. The number of amides is 1. The summed E-state index contributed by atoms with van der Waals surface area (Å²) >= 11 is 1.33. The van der Waals surface area contributed by atoms with Crippen LogP contribution < -0.4 is 0 Å². The van der Waals surface area contributed by atoms with Crippen LogP contribution >= 0.6 is 11.8 Å². The first-order valence-corrected chi connectivity index (χ1v) is 9.07. The molecular formula is C16H24N4O4S. The largest absolute Gasteiger partial charge is 0.467 e. The Balaban J connectivity index is 1.93. The minimum atomic E-state index is -0.556. The van der Waals surface area contributed by atoms with E-state index in [2.05, 4.69) is 10.2 Å². The van der Waals surface area contributed by atoms with Gasteiger partial charge in [0.05, 0.1) is 18.6 Å². The van der Waals surface area contributed by atoms with Crippen LogP contribution in [0.3, 0.4) is 0 Å². The van der Waals surface area contributed by atoms with Crippen molar-refractivity contribution < 1.29 is 18.7 Å². The Morgan fingerprint density at radius 2 is 2.08 bits per heavy atom. The summed E-state index contributed by atoms with van der Waals surface area (Å²) < 4.78 is 18.1. The second-order valence-corrected chi connectivity index (χ2v) is 6.20. The van der Waals surface area contributed by atoms with E-state index in [1.165, 1.54) is 11.8 Å². The summed E-state index contributed by atoms with van der Waals surface area (Å²) in [6.45, 7) is 5.25. The zero-order valence-electron chi connectivity index (χ0n) is 15.0. The molecule has 0 atom stereocenters. The van der Waals surface area contributed by atoms with E-state index in [1.807, 2.05) is 27.0 Å². The van der Waals surface area contributed by atoms with Crippen LogP contribution in [0.4, 0.5) is 0 Å². The first-order chi connectivity index (χ1) is 12.1. The van der Waals surface area contributed by atoms with Gasteiger partial charge < -0.3 is 23.4 Å². The lowest BCUT2D eigenvalue weighted by atomic mass is 10.4. The Kier molecular flexibility index (Phi) is 7.48. The Hall–Kier alpha value is -1.84. The molecule has 0 saturated heterocycles. The molecule has 0 N–H and O–H groups in total. The van der Waals surface area contributed by atoms with Gasteiger partial charge in [-0.2, -0.15) is 0 Å². The minimum absolute atomic E-state index is 0.0166. The van der Waals surface area contributed by atoms with Crippen molar-refractivity contribution >= 4 is 17.7 Å². The molecular weight excluding hydrogens is 344 g/mol. The molecule has 2 heterocycles. The lowest BCUT2D eigenvalue weighted by molar-refractivity contribution is -0.146. The van der Waals surface area contributed by atoms with Gasteiger partial charge in [0.2, 0.25) is 12.2 Å². The number of carbonyl (C=O) groups is 1. The van der Waals surface area contributed by atoms with Gasteiger partial charge in [0.25, 0.3) is 0 Å². The van der Waals surface area contributed by atoms with E-state index in [4.69, 9.17) is 13.9 Å². The van der Waals surface area contributed by atoms with Crippen molar-refractivity contribution in [1.82, 2.24) is 19.7 Å². The summed E-state index contributed by atoms with van der Waals surface area (Å²) in [4.78, 5) is 13.9. The highest BCUT2D eigenvalue weighted by Gasteiger charge is 2.21. The number of aromatic nitrogens is 3. The molecule has 2 rings (SSSR count). The third-order valence-electron chi connectivity index (χ3n) is 3.44. The van der Waals surface area contributed by atoms with Gasteiger partial charge in [-0.15, -0.1) is 10.2 Å². The molecule has 0 aromatic carbocycles. The molecule has 0 bridgehead atoms. The number of rotatable bonds is 10. The van der Waals surface area contributed by atoms with Crippen LogP contribution in [0.25, 0.3) is 0 Å². The maximum Gasteiger partial charge on any atom is 0.233 e. The Morgan fingerprint density at radius 3 is 2.68 bits per heavy atom. The summed E-state index contributed by atoms with van der Waals surface area (Å²) in [6, 6.07) is 3.64. The predicted molar refractivity (Wildman–Crippen MR) is 92.9 cm³/mol. The van der Waals surface area contributed by atoms with Gasteiger partial charge in [-0.05, 0) is 26.0 Å². The number of carbonyl (C=O) groups excluding carboxylic acids is 1. The van der Waals surface area contributed by atoms with E-state index in [1.54, 1.807) is 28.8 Å². The lowest BCUT2D eigenvalue weighted by Gasteiger charge is -2.16. The highest BCUT2D eigenvalue weighted by atomic mass is 32.2. The molecule has 0 fully saturated rings. The SMILES string of the molecule is CCOC(OCC)c1nnc(SCC(=O)N(C)Cc2ccco2)n1C. The molecule has 0 aliphatic rings. The monoisotopic (exact) mass is 368 g/mol. The molecule has 0 aliphatic carbocycles. The molecule has 0 aliphatic heterocycles. The number of ether oxygens (including phenoxy) is 2. The second-order valence-electron chi connectivity index (χ2n) is 5.26. The summed E-state index contributed by atoms with van der Waals surface area (Å²) in [6.07, 6.45) is 1.04. The van der Waals surface area contributed by atoms with Crippen molar-refractivity contribution in [2.45, 2.75) is 31.8 Å². The molecule has 9 heteroatoms. The van der Waals surface area contributed by atoms with Crippen molar-refractivity contribution in [2.75, 3.05) is 26.0 Å². The van der Waals surface area contributed by atoms with Gasteiger partial charge in [-0.25, -0.2) is 0 Å². The zero-order chi connectivity index (χ0) is 18.2. The molecule has 0 unspecified atom stereocenters. The molecule has 2 aromatic heterocycles. The Labute approximate surface area is 151 Å². The fraction of sp³-hybridized carbons (Fsp3) is 0.562. The first kappa shape index (κ1) is 19.5. The van der Waals surface area contributed by atoms with Gasteiger partial charge in [0.1, 0.15) is 5.76 Å². The third kappa shape index (κ3) is 5.32. The van der Waals surface area contributed by atoms with Gasteiger partial charge in [0, 0.05) is 27.3 Å². The lowest BCUT2D eigenvalue weighted by Crippen LogP contribution is -2.27. The Bertz CT molecular complexity index is 653. The molecule has 0 radical (unpaired) electrons. The summed E-state index contributed by atoms with van der Waals surface area (Å²) in [5.74, 6) is 1.58. The highest BCUT2D eigenvalue weighted by molar-refractivity contribution is 7.99. The number of furan rings is 1. The van der Waals surface area contributed by atoms with Crippen LogP contribution in [-0.2, 0) is 27.9 Å². The van der Waals surface area contributed by atoms with Crippen molar-refractivity contribution in [1.29, 1.82) is 0 Å². The van der Waals surface area contributed by atoms with Crippen molar-refractivity contribution in [2.24, 2.45) is 7.05 Å². The second kappa shape index (κ2) is 9.59. The van der Waals surface area contributed by atoms with Gasteiger partial charge >= 0.3 is 0 Å². The number of thioether (sulfide) groups is 1. The zero-order valence-corrected chi connectivity index (χ0v) is 15.8. The normalized spacial score (nSPS) is 11.2. The quantitative estimate of drug-likeness (QED) is 0.470. The molecule has 25 heavy (non-hydrogen) atoms. The van der Waals surface area contributed by atoms with Crippen LogP contribution in [0.15, 0.2) is 28.0 Å². The molecule has 8 nitrogen and oxygen atoms in total. The Morgan fingerprint density at radius 1 is 1.36 bits per heavy atom. The van der Waals surface area contributed by atoms with Crippen molar-refractivity contribution in [3.8, 4) is 0 Å². The highest BCUT2D eigenvalue weighted by Crippen LogP contribution is 2.22. The number of nitrogens with zero attached hydrogens (tertiary/aromatic N) is 4. The summed E-state index contributed by atoms with van der Waals surface area (Å²) in [5.41, 5.74) is 0.